The monoisotopic (exact) mass is 483 g/mol. The van der Waals surface area contributed by atoms with Gasteiger partial charge < -0.3 is 18.9 Å². The highest BCUT2D eigenvalue weighted by Gasteiger charge is 2.21. The number of methoxy groups -OCH3 is 1. The Labute approximate surface area is 203 Å². The van der Waals surface area contributed by atoms with Crippen LogP contribution in [-0.4, -0.2) is 52.9 Å². The normalized spacial score (nSPS) is 14.2. The van der Waals surface area contributed by atoms with Gasteiger partial charge in [-0.1, -0.05) is 12.1 Å². The Morgan fingerprint density at radius 3 is 2.69 bits per heavy atom. The van der Waals surface area contributed by atoms with Crippen LogP contribution in [0.5, 0.6) is 5.75 Å². The van der Waals surface area contributed by atoms with Crippen molar-refractivity contribution in [1.29, 1.82) is 0 Å². The molecule has 2 aromatic heterocycles. The molecule has 4 rings (SSSR count). The van der Waals surface area contributed by atoms with Gasteiger partial charge >= 0.3 is 5.97 Å². The molecule has 0 bridgehead atoms. The van der Waals surface area contributed by atoms with Gasteiger partial charge in [-0.15, -0.1) is 0 Å². The van der Waals surface area contributed by atoms with Crippen molar-refractivity contribution in [3.05, 3.63) is 47.9 Å². The van der Waals surface area contributed by atoms with E-state index in [0.717, 1.165) is 57.2 Å². The summed E-state index contributed by atoms with van der Waals surface area (Å²) in [6, 6.07) is 4.19. The maximum atomic E-state index is 14.0. The molecule has 0 radical (unpaired) electrons. The van der Waals surface area contributed by atoms with Gasteiger partial charge in [0.25, 0.3) is 0 Å². The van der Waals surface area contributed by atoms with Crippen LogP contribution in [0, 0.1) is 11.7 Å². The highest BCUT2D eigenvalue weighted by molar-refractivity contribution is 5.89. The van der Waals surface area contributed by atoms with Gasteiger partial charge in [0.1, 0.15) is 11.6 Å². The molecule has 1 fully saturated rings. The predicted octanol–water partition coefficient (Wildman–Crippen LogP) is 4.48. The third-order valence-corrected chi connectivity index (χ3v) is 6.10. The van der Waals surface area contributed by atoms with Gasteiger partial charge in [-0.3, -0.25) is 0 Å². The van der Waals surface area contributed by atoms with Gasteiger partial charge in [-0.05, 0) is 50.2 Å². The number of esters is 1. The summed E-state index contributed by atoms with van der Waals surface area (Å²) in [4.78, 5) is 27.1. The van der Waals surface area contributed by atoms with Crippen molar-refractivity contribution in [3.63, 3.8) is 0 Å². The molecule has 1 aliphatic rings. The zero-order valence-corrected chi connectivity index (χ0v) is 20.1. The number of ether oxygens (including phenoxy) is 2. The molecule has 0 aliphatic carbocycles. The van der Waals surface area contributed by atoms with Gasteiger partial charge in [-0.25, -0.2) is 19.2 Å². The molecule has 35 heavy (non-hydrogen) atoms. The molecular weight excluding hydrogens is 453 g/mol. The van der Waals surface area contributed by atoms with Crippen LogP contribution in [0.15, 0.2) is 35.1 Å². The number of hydrogen-bond acceptors (Lipinski definition) is 9. The molecular formula is C25H30FN5O4. The molecule has 1 aliphatic heterocycles. The number of anilines is 1. The maximum absolute atomic E-state index is 14.0. The van der Waals surface area contributed by atoms with Crippen LogP contribution < -0.4 is 9.64 Å². The van der Waals surface area contributed by atoms with Crippen molar-refractivity contribution in [2.45, 2.75) is 45.4 Å². The van der Waals surface area contributed by atoms with Gasteiger partial charge in [0.05, 0.1) is 24.8 Å². The molecule has 3 aromatic rings. The molecule has 186 valence electrons. The lowest BCUT2D eigenvalue weighted by atomic mass is 9.92. The van der Waals surface area contributed by atoms with Gasteiger partial charge in [0, 0.05) is 38.0 Å². The summed E-state index contributed by atoms with van der Waals surface area (Å²) < 4.78 is 29.4. The van der Waals surface area contributed by atoms with Crippen LogP contribution in [0.2, 0.25) is 0 Å². The lowest BCUT2D eigenvalue weighted by molar-refractivity contribution is 0.0595. The number of carbonyl (C=O) groups is 1. The second kappa shape index (κ2) is 11.7. The summed E-state index contributed by atoms with van der Waals surface area (Å²) in [7, 11) is 1.22. The van der Waals surface area contributed by atoms with E-state index < -0.39 is 11.8 Å². The van der Waals surface area contributed by atoms with Crippen LogP contribution in [0.3, 0.4) is 0 Å². The molecule has 1 saturated heterocycles. The Bertz CT molecular complexity index is 1110. The summed E-state index contributed by atoms with van der Waals surface area (Å²) in [6.45, 7) is 4.36. The Kier molecular flexibility index (Phi) is 8.23. The lowest BCUT2D eigenvalue weighted by Crippen LogP contribution is -2.34. The summed E-state index contributed by atoms with van der Waals surface area (Å²) in [5.74, 6) is 1.53. The van der Waals surface area contributed by atoms with E-state index in [-0.39, 0.29) is 5.56 Å². The van der Waals surface area contributed by atoms with Gasteiger partial charge in [-0.2, -0.15) is 4.98 Å². The van der Waals surface area contributed by atoms with E-state index in [9.17, 15) is 9.18 Å². The maximum Gasteiger partial charge on any atom is 0.340 e. The number of hydrogen-bond donors (Lipinski definition) is 0. The minimum absolute atomic E-state index is 0.0962. The number of rotatable bonds is 10. The topological polar surface area (TPSA) is 103 Å². The average Bonchev–Trinajstić information content (AvgIpc) is 3.36. The SMILES string of the molecule is CCCc1nc(-c2cnc(N3CCC(CCCOc4ccc(C(=O)OC)c(F)c4)CC3)nc2)no1. The van der Waals surface area contributed by atoms with Gasteiger partial charge in [0.2, 0.25) is 17.7 Å². The highest BCUT2D eigenvalue weighted by Crippen LogP contribution is 2.25. The number of halogens is 1. The second-order valence-corrected chi connectivity index (χ2v) is 8.59. The lowest BCUT2D eigenvalue weighted by Gasteiger charge is -2.32. The van der Waals surface area contributed by atoms with E-state index in [2.05, 4.69) is 36.7 Å². The van der Waals surface area contributed by atoms with E-state index in [4.69, 9.17) is 9.26 Å². The molecule has 0 spiro atoms. The standard InChI is InChI=1S/C25H30FN5O4/c1-3-5-22-29-23(30-35-22)18-15-27-25(28-16-18)31-11-9-17(10-12-31)6-4-13-34-19-7-8-20(21(26)14-19)24(32)33-2/h7-8,14-17H,3-6,9-13H2,1-2H3. The molecule has 0 amide bonds. The molecule has 1 aromatic carbocycles. The smallest absolute Gasteiger partial charge is 0.340 e. The van der Waals surface area contributed by atoms with Crippen molar-refractivity contribution in [1.82, 2.24) is 20.1 Å². The van der Waals surface area contributed by atoms with Gasteiger partial charge in [0.15, 0.2) is 0 Å². The summed E-state index contributed by atoms with van der Waals surface area (Å²) in [6.07, 6.45) is 9.22. The number of nitrogens with zero attached hydrogens (tertiary/aromatic N) is 5. The Morgan fingerprint density at radius 1 is 1.23 bits per heavy atom. The van der Waals surface area contributed by atoms with Crippen molar-refractivity contribution in [2.24, 2.45) is 5.92 Å². The summed E-state index contributed by atoms with van der Waals surface area (Å²) in [5.41, 5.74) is 0.649. The van der Waals surface area contributed by atoms with E-state index >= 15 is 0 Å². The molecule has 0 saturated carbocycles. The molecule has 0 atom stereocenters. The second-order valence-electron chi connectivity index (χ2n) is 8.59. The molecule has 0 N–H and O–H groups in total. The Balaban J connectivity index is 1.18. The quantitative estimate of drug-likeness (QED) is 0.305. The first-order chi connectivity index (χ1) is 17.1. The minimum atomic E-state index is -0.699. The zero-order valence-electron chi connectivity index (χ0n) is 20.1. The van der Waals surface area contributed by atoms with Crippen LogP contribution >= 0.6 is 0 Å². The number of benzene rings is 1. The number of aromatic nitrogens is 4. The van der Waals surface area contributed by atoms with Crippen LogP contribution in [-0.2, 0) is 11.2 Å². The van der Waals surface area contributed by atoms with Crippen LogP contribution in [0.25, 0.3) is 11.4 Å². The molecule has 9 nitrogen and oxygen atoms in total. The van der Waals surface area contributed by atoms with Crippen molar-refractivity contribution < 1.29 is 23.2 Å². The van der Waals surface area contributed by atoms with Crippen molar-refractivity contribution in [2.75, 3.05) is 31.7 Å². The molecule has 10 heteroatoms. The fourth-order valence-corrected chi connectivity index (χ4v) is 4.13. The first-order valence-corrected chi connectivity index (χ1v) is 12.0. The summed E-state index contributed by atoms with van der Waals surface area (Å²) in [5, 5.41) is 4.00. The number of aryl methyl sites for hydroxylation is 1. The Morgan fingerprint density at radius 2 is 2.00 bits per heavy atom. The minimum Gasteiger partial charge on any atom is -0.493 e. The molecule has 3 heterocycles. The predicted molar refractivity (Wildman–Crippen MR) is 127 cm³/mol. The third-order valence-electron chi connectivity index (χ3n) is 6.10. The fourth-order valence-electron chi connectivity index (χ4n) is 4.13. The van der Waals surface area contributed by atoms with Crippen LogP contribution in [0.4, 0.5) is 10.3 Å². The van der Waals surface area contributed by atoms with Crippen molar-refractivity contribution >= 4 is 11.9 Å². The van der Waals surface area contributed by atoms with Crippen LogP contribution in [0.1, 0.15) is 55.3 Å². The first kappa shape index (κ1) is 24.6. The van der Waals surface area contributed by atoms with E-state index in [1.54, 1.807) is 18.5 Å². The Hall–Kier alpha value is -3.56. The van der Waals surface area contributed by atoms with E-state index in [1.165, 1.54) is 19.2 Å². The third kappa shape index (κ3) is 6.32. The summed E-state index contributed by atoms with van der Waals surface area (Å²) >= 11 is 0. The zero-order chi connectivity index (χ0) is 24.6. The highest BCUT2D eigenvalue weighted by atomic mass is 19.1. The van der Waals surface area contributed by atoms with E-state index in [1.807, 2.05) is 0 Å². The number of piperidine rings is 1. The largest absolute Gasteiger partial charge is 0.493 e. The average molecular weight is 484 g/mol. The first-order valence-electron chi connectivity index (χ1n) is 12.0. The molecule has 0 unspecified atom stereocenters. The van der Waals surface area contributed by atoms with E-state index in [0.29, 0.717) is 35.9 Å². The fraction of sp³-hybridized carbons (Fsp3) is 0.480. The number of carbonyl (C=O) groups excluding carboxylic acids is 1. The van der Waals surface area contributed by atoms with Crippen molar-refractivity contribution in [3.8, 4) is 17.1 Å².